The van der Waals surface area contributed by atoms with Crippen LogP contribution in [0.4, 0.5) is 20.4 Å². The molecule has 3 heterocycles. The van der Waals surface area contributed by atoms with E-state index >= 15 is 0 Å². The van der Waals surface area contributed by atoms with Gasteiger partial charge in [-0.15, -0.1) is 0 Å². The van der Waals surface area contributed by atoms with E-state index in [9.17, 15) is 18.4 Å². The van der Waals surface area contributed by atoms with E-state index in [-0.39, 0.29) is 34.1 Å². The first-order valence-electron chi connectivity index (χ1n) is 11.4. The molecular formula is C26H22F2N4O5. The summed E-state index contributed by atoms with van der Waals surface area (Å²) in [6.07, 6.45) is 0.492. The number of ether oxygens (including phenoxy) is 2. The van der Waals surface area contributed by atoms with Crippen molar-refractivity contribution < 1.29 is 27.5 Å². The normalized spacial score (nSPS) is 15.5. The van der Waals surface area contributed by atoms with Gasteiger partial charge >= 0.3 is 5.63 Å². The zero-order chi connectivity index (χ0) is 26.1. The molecular weight excluding hydrogens is 486 g/mol. The first-order chi connectivity index (χ1) is 17.9. The number of anilines is 2. The van der Waals surface area contributed by atoms with E-state index in [1.807, 2.05) is 0 Å². The van der Waals surface area contributed by atoms with Crippen LogP contribution in [-0.2, 0) is 4.74 Å². The number of methoxy groups -OCH3 is 1. The number of hydrogen-bond donors (Lipinski definition) is 2. The maximum atomic E-state index is 14.6. The van der Waals surface area contributed by atoms with Gasteiger partial charge in [-0.1, -0.05) is 0 Å². The summed E-state index contributed by atoms with van der Waals surface area (Å²) in [6, 6.07) is 8.63. The van der Waals surface area contributed by atoms with Gasteiger partial charge in [0, 0.05) is 47.4 Å². The summed E-state index contributed by atoms with van der Waals surface area (Å²) in [6.45, 7) is 2.86. The lowest BCUT2D eigenvalue weighted by Gasteiger charge is -2.26. The Balaban J connectivity index is 1.54. The molecule has 9 nitrogen and oxygen atoms in total. The van der Waals surface area contributed by atoms with Crippen molar-refractivity contribution in [2.24, 2.45) is 0 Å². The number of fused-ring (bicyclic) bond motifs is 1. The standard InChI is InChI=1S/C26H22F2N4O5/c1-13(33)22-23(21-12-29-7-8-36-21)16-6-4-15(10-20(16)37-25(22)34)31-26-30-11-18(28)24(32-26)17-5-3-14(27)9-19(17)35-2/h3-6,9-11,21,29H,7-8,12H2,1-2H3,(H,30,31,32). The molecule has 1 aliphatic heterocycles. The smallest absolute Gasteiger partial charge is 0.347 e. The Morgan fingerprint density at radius 2 is 2.05 bits per heavy atom. The van der Waals surface area contributed by atoms with Crippen molar-refractivity contribution in [3.05, 3.63) is 75.8 Å². The highest BCUT2D eigenvalue weighted by atomic mass is 19.1. The first-order valence-corrected chi connectivity index (χ1v) is 11.4. The third-order valence-electron chi connectivity index (χ3n) is 5.97. The number of nitrogens with zero attached hydrogens (tertiary/aromatic N) is 2. The Labute approximate surface area is 209 Å². The van der Waals surface area contributed by atoms with Gasteiger partial charge in [-0.05, 0) is 31.2 Å². The highest BCUT2D eigenvalue weighted by Gasteiger charge is 2.27. The summed E-state index contributed by atoms with van der Waals surface area (Å²) in [5, 5.41) is 6.72. The van der Waals surface area contributed by atoms with Gasteiger partial charge in [0.1, 0.15) is 28.4 Å². The molecule has 1 aliphatic rings. The first kappa shape index (κ1) is 24.5. The maximum Gasteiger partial charge on any atom is 0.347 e. The molecule has 0 bridgehead atoms. The molecule has 0 saturated carbocycles. The average molecular weight is 508 g/mol. The molecule has 5 rings (SSSR count). The summed E-state index contributed by atoms with van der Waals surface area (Å²) < 4.78 is 44.7. The Hall–Kier alpha value is -4.22. The Bertz CT molecular complexity index is 1570. The quantitative estimate of drug-likeness (QED) is 0.293. The fourth-order valence-corrected chi connectivity index (χ4v) is 4.33. The molecule has 2 aromatic carbocycles. The second-order valence-electron chi connectivity index (χ2n) is 8.37. The molecule has 4 aromatic rings. The van der Waals surface area contributed by atoms with Crippen LogP contribution in [0.1, 0.15) is 28.9 Å². The molecule has 2 N–H and O–H groups in total. The second kappa shape index (κ2) is 10.0. The number of halogens is 2. The minimum absolute atomic E-state index is 0.0401. The lowest BCUT2D eigenvalue weighted by Crippen LogP contribution is -2.35. The van der Waals surface area contributed by atoms with E-state index in [0.29, 0.717) is 36.3 Å². The molecule has 1 fully saturated rings. The molecule has 2 aromatic heterocycles. The predicted molar refractivity (Wildman–Crippen MR) is 131 cm³/mol. The number of ketones is 1. The largest absolute Gasteiger partial charge is 0.496 e. The molecule has 0 radical (unpaired) electrons. The summed E-state index contributed by atoms with van der Waals surface area (Å²) in [7, 11) is 1.35. The molecule has 190 valence electrons. The van der Waals surface area contributed by atoms with Crippen molar-refractivity contribution >= 4 is 28.4 Å². The maximum absolute atomic E-state index is 14.6. The van der Waals surface area contributed by atoms with Crippen LogP contribution in [0.5, 0.6) is 5.75 Å². The predicted octanol–water partition coefficient (Wildman–Crippen LogP) is 4.14. The van der Waals surface area contributed by atoms with Crippen molar-refractivity contribution in [1.29, 1.82) is 0 Å². The van der Waals surface area contributed by atoms with E-state index in [1.54, 1.807) is 18.2 Å². The van der Waals surface area contributed by atoms with Crippen LogP contribution >= 0.6 is 0 Å². The number of carbonyl (C=O) groups is 1. The van der Waals surface area contributed by atoms with E-state index in [0.717, 1.165) is 12.3 Å². The molecule has 0 amide bonds. The minimum atomic E-state index is -0.759. The molecule has 37 heavy (non-hydrogen) atoms. The lowest BCUT2D eigenvalue weighted by molar-refractivity contribution is 0.0277. The van der Waals surface area contributed by atoms with Crippen molar-refractivity contribution in [1.82, 2.24) is 15.3 Å². The lowest BCUT2D eigenvalue weighted by atomic mass is 9.96. The molecule has 1 unspecified atom stereocenters. The SMILES string of the molecule is COc1cc(F)ccc1-c1nc(Nc2ccc3c(C4CNCCO4)c(C(C)=O)c(=O)oc3c2)ncc1F. The third-order valence-corrected chi connectivity index (χ3v) is 5.97. The van der Waals surface area contributed by atoms with Gasteiger partial charge in [0.25, 0.3) is 0 Å². The Kier molecular flexibility index (Phi) is 6.64. The zero-order valence-electron chi connectivity index (χ0n) is 19.9. The van der Waals surface area contributed by atoms with E-state index in [1.165, 1.54) is 26.2 Å². The van der Waals surface area contributed by atoms with E-state index < -0.39 is 29.1 Å². The van der Waals surface area contributed by atoms with Gasteiger partial charge in [0.2, 0.25) is 5.95 Å². The molecule has 0 spiro atoms. The second-order valence-corrected chi connectivity index (χ2v) is 8.37. The monoisotopic (exact) mass is 508 g/mol. The third kappa shape index (κ3) is 4.78. The topological polar surface area (TPSA) is 116 Å². The number of nitrogens with one attached hydrogen (secondary N) is 2. The van der Waals surface area contributed by atoms with E-state index in [4.69, 9.17) is 13.9 Å². The van der Waals surface area contributed by atoms with Crippen molar-refractivity contribution in [3.63, 3.8) is 0 Å². The van der Waals surface area contributed by atoms with Crippen LogP contribution in [0.3, 0.4) is 0 Å². The molecule has 1 atom stereocenters. The minimum Gasteiger partial charge on any atom is -0.496 e. The number of rotatable bonds is 6. The van der Waals surface area contributed by atoms with Crippen LogP contribution < -0.4 is 21.0 Å². The molecule has 11 heteroatoms. The number of carbonyl (C=O) groups excluding carboxylic acids is 1. The van der Waals surface area contributed by atoms with Crippen molar-refractivity contribution in [2.75, 3.05) is 32.1 Å². The van der Waals surface area contributed by atoms with Gasteiger partial charge in [-0.2, -0.15) is 0 Å². The fraction of sp³-hybridized carbons (Fsp3) is 0.231. The van der Waals surface area contributed by atoms with Gasteiger partial charge in [0.15, 0.2) is 11.6 Å². The van der Waals surface area contributed by atoms with Crippen LogP contribution in [0.2, 0.25) is 0 Å². The average Bonchev–Trinajstić information content (AvgIpc) is 2.89. The highest BCUT2D eigenvalue weighted by Crippen LogP contribution is 2.33. The van der Waals surface area contributed by atoms with Crippen LogP contribution in [0.25, 0.3) is 22.2 Å². The number of morpholine rings is 1. The summed E-state index contributed by atoms with van der Waals surface area (Å²) in [5.41, 5.74) is 0.513. The summed E-state index contributed by atoms with van der Waals surface area (Å²) in [4.78, 5) is 33.3. The van der Waals surface area contributed by atoms with Crippen LogP contribution in [-0.4, -0.2) is 42.6 Å². The van der Waals surface area contributed by atoms with Crippen LogP contribution in [0.15, 0.2) is 51.8 Å². The zero-order valence-corrected chi connectivity index (χ0v) is 19.9. The Morgan fingerprint density at radius 3 is 2.78 bits per heavy atom. The van der Waals surface area contributed by atoms with Crippen molar-refractivity contribution in [2.45, 2.75) is 13.0 Å². The van der Waals surface area contributed by atoms with Gasteiger partial charge in [-0.25, -0.2) is 23.5 Å². The molecule has 1 saturated heterocycles. The number of Topliss-reactive ketones (excluding diaryl/α,β-unsaturated/α-hetero) is 1. The van der Waals surface area contributed by atoms with E-state index in [2.05, 4.69) is 20.6 Å². The number of hydrogen-bond acceptors (Lipinski definition) is 9. The van der Waals surface area contributed by atoms with Crippen LogP contribution in [0, 0.1) is 11.6 Å². The number of aromatic nitrogens is 2. The Morgan fingerprint density at radius 1 is 1.22 bits per heavy atom. The van der Waals surface area contributed by atoms with Gasteiger partial charge in [-0.3, -0.25) is 4.79 Å². The highest BCUT2D eigenvalue weighted by molar-refractivity contribution is 6.00. The van der Waals surface area contributed by atoms with Crippen molar-refractivity contribution in [3.8, 4) is 17.0 Å². The molecule has 0 aliphatic carbocycles. The van der Waals surface area contributed by atoms with Gasteiger partial charge < -0.3 is 24.5 Å². The summed E-state index contributed by atoms with van der Waals surface area (Å²) >= 11 is 0. The number of benzene rings is 2. The van der Waals surface area contributed by atoms with Gasteiger partial charge in [0.05, 0.1) is 26.0 Å². The fourth-order valence-electron chi connectivity index (χ4n) is 4.33. The summed E-state index contributed by atoms with van der Waals surface area (Å²) in [5.74, 6) is -1.50.